The summed E-state index contributed by atoms with van der Waals surface area (Å²) in [5.41, 5.74) is 10.0. The maximum absolute atomic E-state index is 10.1. The minimum Gasteiger partial charge on any atom is -0.352 e. The third kappa shape index (κ3) is 6.79. The van der Waals surface area contributed by atoms with E-state index in [-0.39, 0.29) is 0 Å². The minimum atomic E-state index is -0.561. The zero-order valence-corrected chi connectivity index (χ0v) is 6.17. The van der Waals surface area contributed by atoms with Crippen LogP contribution in [0.5, 0.6) is 0 Å². The Morgan fingerprint density at radius 3 is 2.73 bits per heavy atom. The highest BCUT2D eigenvalue weighted by molar-refractivity contribution is 5.71. The number of nitrogens with two attached hydrogens (primary N) is 2. The molecule has 0 aliphatic rings. The summed E-state index contributed by atoms with van der Waals surface area (Å²) in [5.74, 6) is 0. The fraction of sp³-hybridized carbons (Fsp3) is 0.667. The number of hydrogen-bond donors (Lipinski definition) is 3. The highest BCUT2D eigenvalue weighted by Gasteiger charge is 1.99. The van der Waals surface area contributed by atoms with Gasteiger partial charge in [-0.2, -0.15) is 0 Å². The van der Waals surface area contributed by atoms with Crippen LogP contribution in [0.2, 0.25) is 0 Å². The number of urea groups is 1. The molecule has 1 atom stereocenters. The summed E-state index contributed by atoms with van der Waals surface area (Å²) >= 11 is 0. The molecule has 0 fully saturated rings. The molecule has 0 rings (SSSR count). The van der Waals surface area contributed by atoms with Crippen molar-refractivity contribution in [2.75, 3.05) is 6.54 Å². The van der Waals surface area contributed by atoms with E-state index in [1.54, 1.807) is 6.29 Å². The van der Waals surface area contributed by atoms with Gasteiger partial charge in [-0.05, 0) is 12.8 Å². The van der Waals surface area contributed by atoms with Crippen LogP contribution < -0.4 is 16.8 Å². The maximum Gasteiger partial charge on any atom is 0.312 e. The van der Waals surface area contributed by atoms with Crippen molar-refractivity contribution in [3.8, 4) is 0 Å². The van der Waals surface area contributed by atoms with Crippen LogP contribution in [0.15, 0.2) is 0 Å². The molecule has 5 N–H and O–H groups in total. The van der Waals surface area contributed by atoms with Crippen molar-refractivity contribution in [1.82, 2.24) is 5.32 Å². The summed E-state index contributed by atoms with van der Waals surface area (Å²) in [5, 5.41) is 2.38. The quantitative estimate of drug-likeness (QED) is 0.441. The predicted molar refractivity (Wildman–Crippen MR) is 40.5 cm³/mol. The fourth-order valence-corrected chi connectivity index (χ4v) is 0.592. The molecule has 5 nitrogen and oxygen atoms in total. The van der Waals surface area contributed by atoms with Gasteiger partial charge in [-0.1, -0.05) is 0 Å². The van der Waals surface area contributed by atoms with Crippen LogP contribution in [0.25, 0.3) is 0 Å². The van der Waals surface area contributed by atoms with Crippen LogP contribution in [0.3, 0.4) is 0 Å². The van der Waals surface area contributed by atoms with Gasteiger partial charge >= 0.3 is 6.03 Å². The van der Waals surface area contributed by atoms with Crippen LogP contribution in [0.4, 0.5) is 4.79 Å². The highest BCUT2D eigenvalue weighted by atomic mass is 16.2. The number of rotatable bonds is 5. The number of carbonyl (C=O) groups excluding carboxylic acids is 2. The average molecular weight is 158 g/mol. The molecule has 0 spiro atoms. The second-order valence-corrected chi connectivity index (χ2v) is 2.16. The van der Waals surface area contributed by atoms with E-state index in [0.717, 1.165) is 0 Å². The Hall–Kier alpha value is -1.10. The fourth-order valence-electron chi connectivity index (χ4n) is 0.592. The van der Waals surface area contributed by atoms with Gasteiger partial charge in [0.1, 0.15) is 0 Å². The summed E-state index contributed by atoms with van der Waals surface area (Å²) in [6.07, 6.45) is 2.79. The number of primary amides is 1. The van der Waals surface area contributed by atoms with Crippen LogP contribution in [0.1, 0.15) is 12.8 Å². The van der Waals surface area contributed by atoms with Crippen LogP contribution in [0, 0.1) is 0 Å². The smallest absolute Gasteiger partial charge is 0.312 e. The van der Waals surface area contributed by atoms with Gasteiger partial charge in [0, 0.05) is 6.54 Å². The van der Waals surface area contributed by atoms with Crippen molar-refractivity contribution >= 4 is 12.3 Å². The van der Waals surface area contributed by atoms with E-state index >= 15 is 0 Å². The third-order valence-electron chi connectivity index (χ3n) is 1.14. The maximum atomic E-state index is 10.1. The van der Waals surface area contributed by atoms with Crippen molar-refractivity contribution in [2.24, 2.45) is 11.5 Å². The molecule has 0 saturated carbocycles. The van der Waals surface area contributed by atoms with Crippen LogP contribution in [-0.4, -0.2) is 24.9 Å². The van der Waals surface area contributed by atoms with E-state index in [2.05, 4.69) is 5.32 Å². The molecule has 0 bridgehead atoms. The zero-order chi connectivity index (χ0) is 8.69. The van der Waals surface area contributed by atoms with E-state index in [9.17, 15) is 9.59 Å². The molecular formula is C6H12N3O2. The number of hydrogen-bond acceptors (Lipinski definition) is 3. The highest BCUT2D eigenvalue weighted by Crippen LogP contribution is 1.88. The summed E-state index contributed by atoms with van der Waals surface area (Å²) in [6.45, 7) is 0.449. The van der Waals surface area contributed by atoms with Gasteiger partial charge in [-0.3, -0.25) is 4.79 Å². The van der Waals surface area contributed by atoms with Crippen molar-refractivity contribution in [3.63, 3.8) is 0 Å². The summed E-state index contributed by atoms with van der Waals surface area (Å²) in [6, 6.07) is -1.11. The zero-order valence-electron chi connectivity index (χ0n) is 6.17. The average Bonchev–Trinajstić information content (AvgIpc) is 1.97. The Morgan fingerprint density at radius 1 is 1.64 bits per heavy atom. The largest absolute Gasteiger partial charge is 0.352 e. The molecular weight excluding hydrogens is 146 g/mol. The van der Waals surface area contributed by atoms with Gasteiger partial charge in [0.2, 0.25) is 6.29 Å². The predicted octanol–water partition coefficient (Wildman–Crippen LogP) is -1.13. The topological polar surface area (TPSA) is 98.2 Å². The Morgan fingerprint density at radius 2 is 2.27 bits per heavy atom. The lowest BCUT2D eigenvalue weighted by Crippen LogP contribution is -2.31. The van der Waals surface area contributed by atoms with Gasteiger partial charge in [0.15, 0.2) is 0 Å². The second kappa shape index (κ2) is 5.67. The normalized spacial score (nSPS) is 12.1. The van der Waals surface area contributed by atoms with Gasteiger partial charge in [-0.25, -0.2) is 4.79 Å². The molecule has 5 heteroatoms. The Kier molecular flexibility index (Phi) is 5.10. The van der Waals surface area contributed by atoms with Crippen LogP contribution >= 0.6 is 0 Å². The molecule has 0 saturated heterocycles. The van der Waals surface area contributed by atoms with Gasteiger partial charge < -0.3 is 16.8 Å². The van der Waals surface area contributed by atoms with E-state index < -0.39 is 12.1 Å². The number of amides is 2. The van der Waals surface area contributed by atoms with Crippen LogP contribution in [-0.2, 0) is 4.79 Å². The number of nitrogens with one attached hydrogen (secondary N) is 1. The Bertz CT molecular complexity index is 138. The van der Waals surface area contributed by atoms with Crippen molar-refractivity contribution in [2.45, 2.75) is 18.9 Å². The van der Waals surface area contributed by atoms with Crippen molar-refractivity contribution in [1.29, 1.82) is 0 Å². The second-order valence-electron chi connectivity index (χ2n) is 2.16. The molecule has 1 unspecified atom stereocenters. The first-order chi connectivity index (χ1) is 5.16. The molecule has 0 aromatic carbocycles. The molecule has 11 heavy (non-hydrogen) atoms. The molecule has 1 radical (unpaired) electrons. The third-order valence-corrected chi connectivity index (χ3v) is 1.14. The van der Waals surface area contributed by atoms with E-state index in [1.807, 2.05) is 0 Å². The Labute approximate surface area is 65.1 Å². The van der Waals surface area contributed by atoms with Crippen molar-refractivity contribution in [3.05, 3.63) is 0 Å². The van der Waals surface area contributed by atoms with Gasteiger partial charge in [0.05, 0.1) is 6.04 Å². The lowest BCUT2D eigenvalue weighted by Gasteiger charge is -2.02. The molecule has 63 valence electrons. The summed E-state index contributed by atoms with van der Waals surface area (Å²) < 4.78 is 0. The lowest BCUT2D eigenvalue weighted by molar-refractivity contribution is 0.248. The molecule has 0 aliphatic carbocycles. The minimum absolute atomic E-state index is 0.449. The first-order valence-corrected chi connectivity index (χ1v) is 3.33. The summed E-state index contributed by atoms with van der Waals surface area (Å²) in [4.78, 5) is 20.0. The first-order valence-electron chi connectivity index (χ1n) is 3.33. The molecule has 2 amide bonds. The standard InChI is InChI=1S/C6H12N3O2/c7-5(4-10)2-1-3-9-6(8)11/h5H,1-3,7H2,(H3,8,9,11). The first kappa shape index (κ1) is 9.90. The SMILES string of the molecule is NC(=O)NCCCC(N)[C]=O. The molecule has 0 aliphatic heterocycles. The van der Waals surface area contributed by atoms with Gasteiger partial charge in [-0.15, -0.1) is 0 Å². The summed E-state index contributed by atoms with van der Waals surface area (Å²) in [7, 11) is 0. The lowest BCUT2D eigenvalue weighted by atomic mass is 10.2. The van der Waals surface area contributed by atoms with Gasteiger partial charge in [0.25, 0.3) is 0 Å². The number of carbonyl (C=O) groups is 1. The Balaban J connectivity index is 3.14. The molecule has 0 aromatic rings. The monoisotopic (exact) mass is 158 g/mol. The van der Waals surface area contributed by atoms with Crippen molar-refractivity contribution < 1.29 is 9.59 Å². The molecule has 0 aromatic heterocycles. The van der Waals surface area contributed by atoms with E-state index in [1.165, 1.54) is 0 Å². The van der Waals surface area contributed by atoms with E-state index in [0.29, 0.717) is 19.4 Å². The molecule has 0 heterocycles. The van der Waals surface area contributed by atoms with E-state index in [4.69, 9.17) is 11.5 Å².